The fourth-order valence-electron chi connectivity index (χ4n) is 4.35. The number of carbonyl (C=O) groups is 3. The monoisotopic (exact) mass is 385 g/mol. The minimum atomic E-state index is -3.14. The number of sulfone groups is 1. The van der Waals surface area contributed by atoms with Crippen molar-refractivity contribution in [3.05, 3.63) is 0 Å². The van der Waals surface area contributed by atoms with E-state index in [1.165, 1.54) is 0 Å². The van der Waals surface area contributed by atoms with Gasteiger partial charge in [-0.15, -0.1) is 0 Å². The highest BCUT2D eigenvalue weighted by atomic mass is 32.2. The van der Waals surface area contributed by atoms with Crippen LogP contribution in [0.15, 0.2) is 0 Å². The van der Waals surface area contributed by atoms with Crippen LogP contribution in [-0.4, -0.2) is 71.7 Å². The first-order valence-corrected chi connectivity index (χ1v) is 11.2. The number of amides is 4. The summed E-state index contributed by atoms with van der Waals surface area (Å²) in [6.45, 7) is 3.47. The molecule has 0 radical (unpaired) electrons. The summed E-state index contributed by atoms with van der Waals surface area (Å²) in [5.74, 6) is -0.659. The van der Waals surface area contributed by atoms with Crippen LogP contribution in [0.2, 0.25) is 0 Å². The summed E-state index contributed by atoms with van der Waals surface area (Å²) < 4.78 is 23.7. The predicted molar refractivity (Wildman–Crippen MR) is 95.1 cm³/mol. The summed E-state index contributed by atoms with van der Waals surface area (Å²) in [6, 6.07) is -1.06. The van der Waals surface area contributed by atoms with E-state index in [-0.39, 0.29) is 41.9 Å². The lowest BCUT2D eigenvalue weighted by Crippen LogP contribution is -2.51. The van der Waals surface area contributed by atoms with E-state index in [9.17, 15) is 22.8 Å². The minimum absolute atomic E-state index is 0.0485. The number of nitrogens with zero attached hydrogens (tertiary/aromatic N) is 2. The van der Waals surface area contributed by atoms with E-state index in [1.54, 1.807) is 4.90 Å². The zero-order chi connectivity index (χ0) is 19.1. The molecule has 2 heterocycles. The zero-order valence-corrected chi connectivity index (χ0v) is 16.2. The van der Waals surface area contributed by atoms with E-state index in [1.807, 2.05) is 13.8 Å². The van der Waals surface area contributed by atoms with Crippen LogP contribution in [-0.2, 0) is 19.4 Å². The molecule has 146 valence electrons. The van der Waals surface area contributed by atoms with Crippen LogP contribution in [0.3, 0.4) is 0 Å². The van der Waals surface area contributed by atoms with Gasteiger partial charge in [0.1, 0.15) is 12.1 Å². The molecule has 0 aromatic carbocycles. The Bertz CT molecular complexity index is 714. The molecule has 3 fully saturated rings. The van der Waals surface area contributed by atoms with Crippen molar-refractivity contribution in [3.63, 3.8) is 0 Å². The SMILES string of the molecule is CC[C@H](C)N(C(=O)CN1C(=O)NC2(CCCC2)C1=O)[C@@H]1CCS(=O)(=O)C1. The highest BCUT2D eigenvalue weighted by Gasteiger charge is 2.53. The van der Waals surface area contributed by atoms with Gasteiger partial charge in [-0.25, -0.2) is 13.2 Å². The van der Waals surface area contributed by atoms with E-state index < -0.39 is 21.4 Å². The normalized spacial score (nSPS) is 27.8. The van der Waals surface area contributed by atoms with Crippen LogP contribution in [0, 0.1) is 0 Å². The van der Waals surface area contributed by atoms with E-state index in [0.717, 1.165) is 17.7 Å². The Morgan fingerprint density at radius 3 is 2.54 bits per heavy atom. The number of nitrogens with one attached hydrogen (secondary N) is 1. The lowest BCUT2D eigenvalue weighted by Gasteiger charge is -2.34. The number of rotatable bonds is 5. The Kier molecular flexibility index (Phi) is 5.02. The van der Waals surface area contributed by atoms with Gasteiger partial charge >= 0.3 is 6.03 Å². The molecule has 1 aliphatic carbocycles. The molecular formula is C17H27N3O5S. The highest BCUT2D eigenvalue weighted by Crippen LogP contribution is 2.35. The van der Waals surface area contributed by atoms with Gasteiger partial charge in [-0.2, -0.15) is 0 Å². The molecule has 0 bridgehead atoms. The molecule has 1 N–H and O–H groups in total. The van der Waals surface area contributed by atoms with Gasteiger partial charge in [0.2, 0.25) is 5.91 Å². The summed E-state index contributed by atoms with van der Waals surface area (Å²) in [5.41, 5.74) is -0.838. The molecule has 1 saturated carbocycles. The quantitative estimate of drug-likeness (QED) is 0.701. The van der Waals surface area contributed by atoms with Crippen molar-refractivity contribution < 1.29 is 22.8 Å². The van der Waals surface area contributed by atoms with Crippen LogP contribution >= 0.6 is 0 Å². The van der Waals surface area contributed by atoms with Crippen molar-refractivity contribution in [1.29, 1.82) is 0 Å². The largest absolute Gasteiger partial charge is 0.334 e. The number of hydrogen-bond donors (Lipinski definition) is 1. The maximum atomic E-state index is 12.9. The molecule has 2 saturated heterocycles. The molecule has 26 heavy (non-hydrogen) atoms. The molecule has 0 aromatic heterocycles. The lowest BCUT2D eigenvalue weighted by molar-refractivity contribution is -0.141. The highest BCUT2D eigenvalue weighted by molar-refractivity contribution is 7.91. The average molecular weight is 385 g/mol. The summed E-state index contributed by atoms with van der Waals surface area (Å²) >= 11 is 0. The summed E-state index contributed by atoms with van der Waals surface area (Å²) in [6.07, 6.45) is 4.06. The molecule has 1 spiro atoms. The molecule has 2 aliphatic heterocycles. The lowest BCUT2D eigenvalue weighted by atomic mass is 9.98. The van der Waals surface area contributed by atoms with Crippen molar-refractivity contribution in [2.24, 2.45) is 0 Å². The third kappa shape index (κ3) is 3.33. The fourth-order valence-corrected chi connectivity index (χ4v) is 6.07. The van der Waals surface area contributed by atoms with E-state index in [0.29, 0.717) is 25.7 Å². The van der Waals surface area contributed by atoms with Crippen LogP contribution in [0.5, 0.6) is 0 Å². The topological polar surface area (TPSA) is 104 Å². The Morgan fingerprint density at radius 2 is 2.00 bits per heavy atom. The second kappa shape index (κ2) is 6.83. The van der Waals surface area contributed by atoms with E-state index >= 15 is 0 Å². The standard InChI is InChI=1S/C17H27N3O5S/c1-3-12(2)20(13-6-9-26(24,25)11-13)14(21)10-19-15(22)17(18-16(19)23)7-4-5-8-17/h12-13H,3-11H2,1-2H3,(H,18,23)/t12-,13+/m0/s1. The van der Waals surface area contributed by atoms with Crippen LogP contribution < -0.4 is 5.32 Å². The number of imide groups is 1. The molecule has 4 amide bonds. The Balaban J connectivity index is 1.76. The minimum Gasteiger partial charge on any atom is -0.334 e. The summed E-state index contributed by atoms with van der Waals surface area (Å²) in [4.78, 5) is 40.6. The Morgan fingerprint density at radius 1 is 1.35 bits per heavy atom. The number of urea groups is 1. The molecule has 9 heteroatoms. The maximum absolute atomic E-state index is 12.9. The van der Waals surface area contributed by atoms with Gasteiger partial charge < -0.3 is 10.2 Å². The van der Waals surface area contributed by atoms with Gasteiger partial charge in [-0.3, -0.25) is 14.5 Å². The van der Waals surface area contributed by atoms with Crippen molar-refractivity contribution in [3.8, 4) is 0 Å². The molecule has 3 rings (SSSR count). The second-order valence-electron chi connectivity index (χ2n) is 7.73. The van der Waals surface area contributed by atoms with E-state index in [2.05, 4.69) is 5.32 Å². The second-order valence-corrected chi connectivity index (χ2v) is 9.95. The zero-order valence-electron chi connectivity index (χ0n) is 15.4. The smallest absolute Gasteiger partial charge is 0.325 e. The van der Waals surface area contributed by atoms with Crippen LogP contribution in [0.4, 0.5) is 4.79 Å². The third-order valence-corrected chi connectivity index (χ3v) is 7.70. The van der Waals surface area contributed by atoms with Gasteiger partial charge in [0.05, 0.1) is 11.5 Å². The Hall–Kier alpha value is -1.64. The van der Waals surface area contributed by atoms with E-state index in [4.69, 9.17) is 0 Å². The van der Waals surface area contributed by atoms with Crippen molar-refractivity contribution in [1.82, 2.24) is 15.1 Å². The predicted octanol–water partition coefficient (Wildman–Crippen LogP) is 0.665. The van der Waals surface area contributed by atoms with Gasteiger partial charge in [0, 0.05) is 12.1 Å². The number of carbonyl (C=O) groups excluding carboxylic acids is 3. The average Bonchev–Trinajstić information content (AvgIpc) is 3.24. The summed E-state index contributed by atoms with van der Waals surface area (Å²) in [5, 5.41) is 2.77. The Labute approximate surface area is 154 Å². The van der Waals surface area contributed by atoms with Crippen molar-refractivity contribution in [2.45, 2.75) is 70.0 Å². The molecule has 0 aromatic rings. The molecule has 3 aliphatic rings. The van der Waals surface area contributed by atoms with Gasteiger partial charge in [-0.05, 0) is 32.6 Å². The van der Waals surface area contributed by atoms with Gasteiger partial charge in [-0.1, -0.05) is 19.8 Å². The molecule has 2 atom stereocenters. The molecule has 0 unspecified atom stereocenters. The first kappa shape index (κ1) is 19.1. The first-order valence-electron chi connectivity index (χ1n) is 9.35. The van der Waals surface area contributed by atoms with Crippen molar-refractivity contribution in [2.75, 3.05) is 18.1 Å². The molecular weight excluding hydrogens is 358 g/mol. The van der Waals surface area contributed by atoms with Gasteiger partial charge in [0.15, 0.2) is 9.84 Å². The fraction of sp³-hybridized carbons (Fsp3) is 0.824. The first-order chi connectivity index (χ1) is 12.2. The molecule has 8 nitrogen and oxygen atoms in total. The third-order valence-electron chi connectivity index (χ3n) is 5.95. The van der Waals surface area contributed by atoms with Gasteiger partial charge in [0.25, 0.3) is 5.91 Å². The van der Waals surface area contributed by atoms with Crippen molar-refractivity contribution >= 4 is 27.7 Å². The summed E-state index contributed by atoms with van der Waals surface area (Å²) in [7, 11) is -3.14. The van der Waals surface area contributed by atoms with Crippen LogP contribution in [0.25, 0.3) is 0 Å². The maximum Gasteiger partial charge on any atom is 0.325 e. The van der Waals surface area contributed by atoms with Crippen LogP contribution in [0.1, 0.15) is 52.4 Å². The number of hydrogen-bond acceptors (Lipinski definition) is 5.